The molecule has 1 heterocycles. The Labute approximate surface area is 163 Å². The van der Waals surface area contributed by atoms with E-state index in [1.165, 1.54) is 23.5 Å². The summed E-state index contributed by atoms with van der Waals surface area (Å²) in [5, 5.41) is 6.64. The fourth-order valence-corrected chi connectivity index (χ4v) is 2.72. The number of nitrogens with one attached hydrogen (secondary N) is 2. The predicted molar refractivity (Wildman–Crippen MR) is 103 cm³/mol. The minimum Gasteiger partial charge on any atom is -0.486 e. The molecule has 1 aromatic carbocycles. The number of hydrogen-bond donors (Lipinski definition) is 2. The molecule has 25 heavy (non-hydrogen) atoms. The maximum Gasteiger partial charge on any atom is 0.263 e. The second kappa shape index (κ2) is 11.3. The van der Waals surface area contributed by atoms with Gasteiger partial charge in [0.2, 0.25) is 0 Å². The van der Waals surface area contributed by atoms with Gasteiger partial charge in [-0.15, -0.1) is 36.2 Å². The number of aryl methyl sites for hydroxylation is 1. The molecule has 0 radical (unpaired) electrons. The predicted octanol–water partition coefficient (Wildman–Crippen LogP) is 3.35. The minimum absolute atomic E-state index is 0. The molecule has 0 aliphatic carbocycles. The van der Waals surface area contributed by atoms with E-state index in [2.05, 4.69) is 15.6 Å². The van der Waals surface area contributed by atoms with Crippen LogP contribution in [0.3, 0.4) is 0 Å². The average Bonchev–Trinajstić information content (AvgIpc) is 2.92. The molecule has 2 aromatic rings. The summed E-state index contributed by atoms with van der Waals surface area (Å²) >= 11 is 1.31. The summed E-state index contributed by atoms with van der Waals surface area (Å²) in [6.07, 6.45) is 0. The van der Waals surface area contributed by atoms with Gasteiger partial charge in [0.15, 0.2) is 0 Å². The molecule has 0 bridgehead atoms. The second-order valence-electron chi connectivity index (χ2n) is 5.16. The number of thiazole rings is 1. The van der Waals surface area contributed by atoms with Gasteiger partial charge in [0.25, 0.3) is 5.91 Å². The number of benzene rings is 1. The number of hydrogen-bond acceptors (Lipinski definition) is 5. The number of carbonyl (C=O) groups is 1. The normalized spacial score (nSPS) is 11.0. The van der Waals surface area contributed by atoms with Crippen molar-refractivity contribution in [3.05, 3.63) is 45.7 Å². The highest BCUT2D eigenvalue weighted by Gasteiger charge is 2.16. The van der Waals surface area contributed by atoms with Crippen LogP contribution in [0, 0.1) is 12.7 Å². The van der Waals surface area contributed by atoms with Crippen LogP contribution in [0.5, 0.6) is 5.75 Å². The Morgan fingerprint density at radius 3 is 2.56 bits per heavy atom. The lowest BCUT2D eigenvalue weighted by Gasteiger charge is -2.10. The zero-order valence-electron chi connectivity index (χ0n) is 14.2. The Kier molecular flexibility index (Phi) is 10.6. The Morgan fingerprint density at radius 2 is 1.96 bits per heavy atom. The van der Waals surface area contributed by atoms with E-state index in [-0.39, 0.29) is 49.2 Å². The quantitative estimate of drug-likeness (QED) is 0.735. The highest BCUT2D eigenvalue weighted by molar-refractivity contribution is 7.13. The van der Waals surface area contributed by atoms with Gasteiger partial charge in [-0.3, -0.25) is 4.79 Å². The fourth-order valence-electron chi connectivity index (χ4n) is 1.83. The molecule has 140 valence electrons. The Morgan fingerprint density at radius 1 is 1.32 bits per heavy atom. The van der Waals surface area contributed by atoms with E-state index in [4.69, 9.17) is 4.74 Å². The van der Waals surface area contributed by atoms with Gasteiger partial charge in [0.05, 0.1) is 5.69 Å². The van der Waals surface area contributed by atoms with Crippen molar-refractivity contribution in [1.29, 1.82) is 0 Å². The van der Waals surface area contributed by atoms with Crippen LogP contribution in [-0.4, -0.2) is 30.5 Å². The van der Waals surface area contributed by atoms with E-state index < -0.39 is 0 Å². The molecule has 2 N–H and O–H groups in total. The molecule has 9 heteroatoms. The van der Waals surface area contributed by atoms with Crippen LogP contribution in [0.1, 0.15) is 27.3 Å². The number of nitrogens with zero attached hydrogens (tertiary/aromatic N) is 1. The van der Waals surface area contributed by atoms with Crippen molar-refractivity contribution in [1.82, 2.24) is 15.6 Å². The van der Waals surface area contributed by atoms with Crippen LogP contribution in [0.4, 0.5) is 4.39 Å². The molecule has 0 fully saturated rings. The van der Waals surface area contributed by atoms with E-state index in [9.17, 15) is 9.18 Å². The second-order valence-corrected chi connectivity index (χ2v) is 6.25. The van der Waals surface area contributed by atoms with Gasteiger partial charge in [-0.05, 0) is 45.2 Å². The summed E-state index contributed by atoms with van der Waals surface area (Å²) in [6.45, 7) is 4.58. The number of aromatic nitrogens is 1. The van der Waals surface area contributed by atoms with Crippen LogP contribution in [0.25, 0.3) is 0 Å². The van der Waals surface area contributed by atoms with Gasteiger partial charge >= 0.3 is 0 Å². The van der Waals surface area contributed by atoms with Gasteiger partial charge in [0.1, 0.15) is 28.1 Å². The number of amides is 1. The molecule has 0 spiro atoms. The molecule has 2 rings (SSSR count). The first-order valence-electron chi connectivity index (χ1n) is 7.29. The number of halogens is 3. The van der Waals surface area contributed by atoms with Crippen molar-refractivity contribution in [3.8, 4) is 5.75 Å². The number of likely N-dealkylation sites (N-methyl/N-ethyl adjacent to an activating group) is 1. The van der Waals surface area contributed by atoms with Gasteiger partial charge in [-0.2, -0.15) is 0 Å². The molecular weight excluding hydrogens is 388 g/mol. The lowest BCUT2D eigenvalue weighted by atomic mass is 10.3. The summed E-state index contributed by atoms with van der Waals surface area (Å²) < 4.78 is 18.4. The molecule has 0 aliphatic rings. The van der Waals surface area contributed by atoms with E-state index in [1.807, 2.05) is 14.0 Å². The Balaban J connectivity index is 0.00000288. The first-order valence-corrected chi connectivity index (χ1v) is 8.11. The lowest BCUT2D eigenvalue weighted by Crippen LogP contribution is -2.37. The molecule has 1 aromatic heterocycles. The first-order chi connectivity index (χ1) is 11.0. The summed E-state index contributed by atoms with van der Waals surface area (Å²) in [7, 11) is 1.85. The van der Waals surface area contributed by atoms with Crippen LogP contribution < -0.4 is 15.4 Å². The minimum atomic E-state index is -0.308. The third-order valence-corrected chi connectivity index (χ3v) is 4.41. The Hall–Kier alpha value is -1.41. The SMILES string of the molecule is CNC(C)CNC(=O)c1sc(COc2ccc(F)cc2)nc1C.Cl.Cl. The smallest absolute Gasteiger partial charge is 0.263 e. The van der Waals surface area contributed by atoms with E-state index >= 15 is 0 Å². The van der Waals surface area contributed by atoms with Crippen LogP contribution in [0.2, 0.25) is 0 Å². The molecule has 1 unspecified atom stereocenters. The summed E-state index contributed by atoms with van der Waals surface area (Å²) in [5.74, 6) is 0.125. The van der Waals surface area contributed by atoms with E-state index in [1.54, 1.807) is 19.1 Å². The maximum atomic E-state index is 12.8. The molecular formula is C16H22Cl2FN3O2S. The monoisotopic (exact) mass is 409 g/mol. The van der Waals surface area contributed by atoms with Crippen molar-refractivity contribution in [2.24, 2.45) is 0 Å². The van der Waals surface area contributed by atoms with Crippen LogP contribution in [-0.2, 0) is 6.61 Å². The zero-order chi connectivity index (χ0) is 16.8. The van der Waals surface area contributed by atoms with Crippen molar-refractivity contribution < 1.29 is 13.9 Å². The highest BCUT2D eigenvalue weighted by Crippen LogP contribution is 2.20. The summed E-state index contributed by atoms with van der Waals surface area (Å²) in [6, 6.07) is 5.99. The molecule has 1 atom stereocenters. The number of rotatable bonds is 7. The Bertz CT molecular complexity index is 668. The average molecular weight is 410 g/mol. The van der Waals surface area contributed by atoms with Crippen LogP contribution >= 0.6 is 36.2 Å². The maximum absolute atomic E-state index is 12.8. The topological polar surface area (TPSA) is 63.2 Å². The summed E-state index contributed by atoms with van der Waals surface area (Å²) in [4.78, 5) is 17.1. The lowest BCUT2D eigenvalue weighted by molar-refractivity contribution is 0.0954. The highest BCUT2D eigenvalue weighted by atomic mass is 35.5. The molecule has 5 nitrogen and oxygen atoms in total. The van der Waals surface area contributed by atoms with E-state index in [0.717, 1.165) is 0 Å². The number of ether oxygens (including phenoxy) is 1. The summed E-state index contributed by atoms with van der Waals surface area (Å²) in [5.41, 5.74) is 0.683. The molecule has 0 aliphatic heterocycles. The van der Waals surface area contributed by atoms with E-state index in [0.29, 0.717) is 27.9 Å². The van der Waals surface area contributed by atoms with Gasteiger partial charge in [-0.25, -0.2) is 9.37 Å². The first kappa shape index (κ1) is 23.6. The fraction of sp³-hybridized carbons (Fsp3) is 0.375. The number of carbonyl (C=O) groups excluding carboxylic acids is 1. The standard InChI is InChI=1S/C16H20FN3O2S.2ClH/c1-10(18-3)8-19-16(21)15-11(2)20-14(23-15)9-22-13-6-4-12(17)5-7-13;;/h4-7,10,18H,8-9H2,1-3H3,(H,19,21);2*1H. The third kappa shape index (κ3) is 7.15. The van der Waals surface area contributed by atoms with Crippen molar-refractivity contribution in [2.75, 3.05) is 13.6 Å². The van der Waals surface area contributed by atoms with Gasteiger partial charge < -0.3 is 15.4 Å². The zero-order valence-corrected chi connectivity index (χ0v) is 16.6. The molecule has 0 saturated carbocycles. The van der Waals surface area contributed by atoms with Crippen molar-refractivity contribution >= 4 is 42.1 Å². The largest absolute Gasteiger partial charge is 0.486 e. The third-order valence-electron chi connectivity index (χ3n) is 3.28. The van der Waals surface area contributed by atoms with Gasteiger partial charge in [-0.1, -0.05) is 0 Å². The molecule has 0 saturated heterocycles. The van der Waals surface area contributed by atoms with Crippen LogP contribution in [0.15, 0.2) is 24.3 Å². The van der Waals surface area contributed by atoms with Crippen molar-refractivity contribution in [2.45, 2.75) is 26.5 Å². The van der Waals surface area contributed by atoms with Gasteiger partial charge in [0, 0.05) is 12.6 Å². The van der Waals surface area contributed by atoms with Crippen molar-refractivity contribution in [3.63, 3.8) is 0 Å². The molecule has 1 amide bonds.